The van der Waals surface area contributed by atoms with E-state index in [0.29, 0.717) is 10.2 Å². The summed E-state index contributed by atoms with van der Waals surface area (Å²) >= 11 is 0.841. The molecular formula is C16H9F5N2O2S. The summed E-state index contributed by atoms with van der Waals surface area (Å²) in [7, 11) is 0. The summed E-state index contributed by atoms with van der Waals surface area (Å²) < 4.78 is 68.6. The molecule has 0 aliphatic carbocycles. The Labute approximate surface area is 147 Å². The smallest absolute Gasteiger partial charge is 0.406 e. The molecular weight excluding hydrogens is 379 g/mol. The fourth-order valence-corrected chi connectivity index (χ4v) is 3.07. The summed E-state index contributed by atoms with van der Waals surface area (Å²) in [6, 6.07) is 5.61. The number of carbonyl (C=O) groups is 1. The number of fused-ring (bicyclic) bond motifs is 1. The predicted octanol–water partition coefficient (Wildman–Crippen LogP) is 5.03. The molecule has 0 aliphatic rings. The molecule has 2 aromatic carbocycles. The molecule has 3 aromatic rings. The lowest BCUT2D eigenvalue weighted by molar-refractivity contribution is -0.274. The minimum Gasteiger partial charge on any atom is -0.406 e. The van der Waals surface area contributed by atoms with E-state index in [4.69, 9.17) is 0 Å². The Bertz CT molecular complexity index is 1000. The number of rotatable bonds is 3. The van der Waals surface area contributed by atoms with Gasteiger partial charge in [0.25, 0.3) is 5.91 Å². The van der Waals surface area contributed by atoms with Crippen LogP contribution < -0.4 is 10.1 Å². The predicted molar refractivity (Wildman–Crippen MR) is 85.4 cm³/mol. The summed E-state index contributed by atoms with van der Waals surface area (Å²) in [5, 5.41) is 2.23. The van der Waals surface area contributed by atoms with Crippen LogP contribution in [-0.2, 0) is 0 Å². The molecule has 0 atom stereocenters. The van der Waals surface area contributed by atoms with Gasteiger partial charge in [0, 0.05) is 6.07 Å². The Kier molecular flexibility index (Phi) is 4.53. The first-order chi connectivity index (χ1) is 12.1. The molecule has 0 fully saturated rings. The molecule has 136 valence electrons. The van der Waals surface area contributed by atoms with Crippen LogP contribution in [0.25, 0.3) is 10.2 Å². The van der Waals surface area contributed by atoms with Gasteiger partial charge in [0.2, 0.25) is 0 Å². The number of ether oxygens (including phenoxy) is 1. The summed E-state index contributed by atoms with van der Waals surface area (Å²) in [6.45, 7) is 1.38. The molecule has 0 aliphatic heterocycles. The van der Waals surface area contributed by atoms with E-state index in [-0.39, 0.29) is 10.7 Å². The van der Waals surface area contributed by atoms with Crippen molar-refractivity contribution in [1.29, 1.82) is 0 Å². The number of nitrogens with one attached hydrogen (secondary N) is 1. The molecule has 26 heavy (non-hydrogen) atoms. The van der Waals surface area contributed by atoms with Crippen LogP contribution >= 0.6 is 11.3 Å². The molecule has 0 saturated carbocycles. The first kappa shape index (κ1) is 18.1. The van der Waals surface area contributed by atoms with Crippen molar-refractivity contribution in [2.24, 2.45) is 0 Å². The number of alkyl halides is 3. The second-order valence-corrected chi connectivity index (χ2v) is 6.23. The number of hydrogen-bond donors (Lipinski definition) is 1. The quantitative estimate of drug-likeness (QED) is 0.640. The van der Waals surface area contributed by atoms with Gasteiger partial charge in [-0.2, -0.15) is 0 Å². The Balaban J connectivity index is 1.88. The molecule has 0 saturated heterocycles. The van der Waals surface area contributed by atoms with Crippen LogP contribution in [0.15, 0.2) is 30.3 Å². The molecule has 3 rings (SSSR count). The van der Waals surface area contributed by atoms with Crippen molar-refractivity contribution < 1.29 is 31.5 Å². The zero-order chi connectivity index (χ0) is 19.1. The van der Waals surface area contributed by atoms with Gasteiger partial charge in [-0.05, 0) is 30.7 Å². The molecule has 10 heteroatoms. The Morgan fingerprint density at radius 1 is 1.19 bits per heavy atom. The molecule has 0 bridgehead atoms. The molecule has 1 amide bonds. The number of thiazole rings is 1. The van der Waals surface area contributed by atoms with Gasteiger partial charge in [-0.3, -0.25) is 10.1 Å². The average Bonchev–Trinajstić information content (AvgIpc) is 2.91. The Hall–Kier alpha value is -2.75. The van der Waals surface area contributed by atoms with Crippen LogP contribution in [0.4, 0.5) is 27.1 Å². The number of nitrogens with zero attached hydrogens (tertiary/aromatic N) is 1. The van der Waals surface area contributed by atoms with E-state index < -0.39 is 35.2 Å². The van der Waals surface area contributed by atoms with Crippen molar-refractivity contribution in [1.82, 2.24) is 4.98 Å². The van der Waals surface area contributed by atoms with Gasteiger partial charge in [0.1, 0.15) is 22.9 Å². The van der Waals surface area contributed by atoms with Crippen molar-refractivity contribution >= 4 is 32.6 Å². The maximum absolute atomic E-state index is 14.0. The largest absolute Gasteiger partial charge is 0.573 e. The monoisotopic (exact) mass is 388 g/mol. The number of anilines is 1. The van der Waals surface area contributed by atoms with Crippen molar-refractivity contribution in [3.8, 4) is 5.75 Å². The lowest BCUT2D eigenvalue weighted by Gasteiger charge is -2.07. The van der Waals surface area contributed by atoms with Crippen molar-refractivity contribution in [3.05, 3.63) is 53.1 Å². The van der Waals surface area contributed by atoms with Gasteiger partial charge in [-0.1, -0.05) is 17.4 Å². The third kappa shape index (κ3) is 3.74. The molecule has 0 unspecified atom stereocenters. The first-order valence-corrected chi connectivity index (χ1v) is 7.88. The molecule has 0 radical (unpaired) electrons. The van der Waals surface area contributed by atoms with Gasteiger partial charge in [0.15, 0.2) is 5.13 Å². The fraction of sp³-hybridized carbons (Fsp3) is 0.125. The zero-order valence-corrected chi connectivity index (χ0v) is 13.8. The second-order valence-electron chi connectivity index (χ2n) is 5.20. The molecule has 1 aromatic heterocycles. The number of aromatic nitrogens is 1. The van der Waals surface area contributed by atoms with E-state index in [1.807, 2.05) is 0 Å². The van der Waals surface area contributed by atoms with E-state index in [1.165, 1.54) is 19.1 Å². The highest BCUT2D eigenvalue weighted by molar-refractivity contribution is 7.22. The highest BCUT2D eigenvalue weighted by Gasteiger charge is 2.31. The van der Waals surface area contributed by atoms with E-state index in [1.54, 1.807) is 0 Å². The standard InChI is InChI=1S/C16H9F5N2O2S/c1-7-2-4-9(17)12(13(7)18)14(24)23-15-22-10-5-3-8(6-11(10)26-15)25-16(19,20)21/h2-6H,1H3,(H,22,23,24). The lowest BCUT2D eigenvalue weighted by atomic mass is 10.1. The highest BCUT2D eigenvalue weighted by atomic mass is 32.1. The highest BCUT2D eigenvalue weighted by Crippen LogP contribution is 2.32. The summed E-state index contributed by atoms with van der Waals surface area (Å²) in [5.41, 5.74) is -0.370. The SMILES string of the molecule is Cc1ccc(F)c(C(=O)Nc2nc3ccc(OC(F)(F)F)cc3s2)c1F. The van der Waals surface area contributed by atoms with E-state index in [2.05, 4.69) is 15.0 Å². The first-order valence-electron chi connectivity index (χ1n) is 7.06. The van der Waals surface area contributed by atoms with Gasteiger partial charge in [0.05, 0.1) is 10.2 Å². The van der Waals surface area contributed by atoms with Crippen LogP contribution in [0, 0.1) is 18.6 Å². The van der Waals surface area contributed by atoms with Crippen LogP contribution in [0.3, 0.4) is 0 Å². The maximum atomic E-state index is 14.0. The summed E-state index contributed by atoms with van der Waals surface area (Å²) in [6.07, 6.45) is -4.84. The van der Waals surface area contributed by atoms with Gasteiger partial charge in [-0.15, -0.1) is 13.2 Å². The maximum Gasteiger partial charge on any atom is 0.573 e. The number of aryl methyl sites for hydroxylation is 1. The van der Waals surface area contributed by atoms with Crippen LogP contribution in [0.1, 0.15) is 15.9 Å². The summed E-state index contributed by atoms with van der Waals surface area (Å²) in [5.74, 6) is -3.52. The number of amides is 1. The number of carbonyl (C=O) groups excluding carboxylic acids is 1. The van der Waals surface area contributed by atoms with Crippen LogP contribution in [-0.4, -0.2) is 17.3 Å². The van der Waals surface area contributed by atoms with Gasteiger partial charge >= 0.3 is 6.36 Å². The average molecular weight is 388 g/mol. The third-order valence-electron chi connectivity index (χ3n) is 3.33. The number of hydrogen-bond acceptors (Lipinski definition) is 4. The van der Waals surface area contributed by atoms with Crippen molar-refractivity contribution in [2.75, 3.05) is 5.32 Å². The van der Waals surface area contributed by atoms with E-state index in [0.717, 1.165) is 29.5 Å². The number of benzene rings is 2. The molecule has 4 nitrogen and oxygen atoms in total. The Morgan fingerprint density at radius 3 is 2.62 bits per heavy atom. The van der Waals surface area contributed by atoms with Crippen molar-refractivity contribution in [2.45, 2.75) is 13.3 Å². The second kappa shape index (κ2) is 6.52. The fourth-order valence-electron chi connectivity index (χ4n) is 2.18. The summed E-state index contributed by atoms with van der Waals surface area (Å²) in [4.78, 5) is 16.1. The molecule has 1 heterocycles. The number of halogens is 5. The topological polar surface area (TPSA) is 51.2 Å². The van der Waals surface area contributed by atoms with Gasteiger partial charge < -0.3 is 4.74 Å². The van der Waals surface area contributed by atoms with Crippen LogP contribution in [0.2, 0.25) is 0 Å². The minimum absolute atomic E-state index is 0.0190. The normalized spacial score (nSPS) is 11.6. The zero-order valence-electron chi connectivity index (χ0n) is 12.9. The van der Waals surface area contributed by atoms with Gasteiger partial charge in [-0.25, -0.2) is 13.8 Å². The Morgan fingerprint density at radius 2 is 1.92 bits per heavy atom. The van der Waals surface area contributed by atoms with E-state index in [9.17, 15) is 26.7 Å². The van der Waals surface area contributed by atoms with Crippen LogP contribution in [0.5, 0.6) is 5.75 Å². The molecule has 0 spiro atoms. The lowest BCUT2D eigenvalue weighted by Crippen LogP contribution is -2.16. The molecule has 1 N–H and O–H groups in total. The minimum atomic E-state index is -4.84. The van der Waals surface area contributed by atoms with Crippen molar-refractivity contribution in [3.63, 3.8) is 0 Å². The van der Waals surface area contributed by atoms with E-state index >= 15 is 0 Å². The third-order valence-corrected chi connectivity index (χ3v) is 4.26.